The second-order valence-corrected chi connectivity index (χ2v) is 6.57. The molecule has 0 radical (unpaired) electrons. The van der Waals surface area contributed by atoms with Gasteiger partial charge in [0, 0.05) is 11.4 Å². The molecule has 1 aliphatic carbocycles. The van der Waals surface area contributed by atoms with Crippen LogP contribution >= 0.6 is 11.6 Å². The van der Waals surface area contributed by atoms with Crippen molar-refractivity contribution in [2.45, 2.75) is 51.6 Å². The van der Waals surface area contributed by atoms with Gasteiger partial charge in [0.15, 0.2) is 0 Å². The van der Waals surface area contributed by atoms with Gasteiger partial charge in [0.25, 0.3) is 0 Å². The summed E-state index contributed by atoms with van der Waals surface area (Å²) in [6, 6.07) is 7.83. The Kier molecular flexibility index (Phi) is 4.34. The molecule has 0 bridgehead atoms. The molecular weight excluding hydrogens is 244 g/mol. The van der Waals surface area contributed by atoms with Crippen LogP contribution < -0.4 is 0 Å². The summed E-state index contributed by atoms with van der Waals surface area (Å²) in [6.45, 7) is 4.29. The fourth-order valence-corrected chi connectivity index (χ4v) is 3.28. The van der Waals surface area contributed by atoms with E-state index in [1.54, 1.807) is 0 Å². The summed E-state index contributed by atoms with van der Waals surface area (Å²) in [5.41, 5.74) is 0.574. The lowest BCUT2D eigenvalue weighted by Gasteiger charge is -2.38. The molecule has 1 aromatic carbocycles. The largest absolute Gasteiger partial charge is 0.390 e. The van der Waals surface area contributed by atoms with Gasteiger partial charge in [-0.3, -0.25) is 0 Å². The van der Waals surface area contributed by atoms with Crippen molar-refractivity contribution in [3.8, 4) is 0 Å². The van der Waals surface area contributed by atoms with Crippen LogP contribution in [0.2, 0.25) is 5.02 Å². The molecule has 1 nitrogen and oxygen atoms in total. The predicted molar refractivity (Wildman–Crippen MR) is 76.9 cm³/mol. The van der Waals surface area contributed by atoms with E-state index in [2.05, 4.69) is 6.92 Å². The molecule has 1 N–H and O–H groups in total. The summed E-state index contributed by atoms with van der Waals surface area (Å²) in [4.78, 5) is 0. The minimum atomic E-state index is -0.595. The first-order chi connectivity index (χ1) is 8.47. The number of rotatable bonds is 3. The minimum Gasteiger partial charge on any atom is -0.390 e. The molecule has 1 fully saturated rings. The Labute approximate surface area is 115 Å². The van der Waals surface area contributed by atoms with E-state index in [4.69, 9.17) is 11.6 Å². The van der Waals surface area contributed by atoms with Crippen molar-refractivity contribution in [2.75, 3.05) is 0 Å². The Morgan fingerprint density at radius 1 is 1.28 bits per heavy atom. The summed E-state index contributed by atoms with van der Waals surface area (Å²) >= 11 is 5.89. The molecule has 3 atom stereocenters. The molecule has 1 aromatic rings. The maximum Gasteiger partial charge on any atom is 0.0688 e. The van der Waals surface area contributed by atoms with E-state index in [9.17, 15) is 5.11 Å². The zero-order chi connectivity index (χ0) is 13.2. The van der Waals surface area contributed by atoms with Crippen molar-refractivity contribution in [3.05, 3.63) is 34.9 Å². The fraction of sp³-hybridized carbons (Fsp3) is 0.625. The van der Waals surface area contributed by atoms with Crippen LogP contribution in [0.5, 0.6) is 0 Å². The number of aliphatic hydroxyl groups is 1. The number of hydrogen-bond acceptors (Lipinski definition) is 1. The van der Waals surface area contributed by atoms with E-state index < -0.39 is 5.60 Å². The Morgan fingerprint density at radius 2 is 1.94 bits per heavy atom. The number of hydrogen-bond donors (Lipinski definition) is 1. The molecule has 2 heteroatoms. The van der Waals surface area contributed by atoms with Gasteiger partial charge in [-0.2, -0.15) is 0 Å². The van der Waals surface area contributed by atoms with E-state index in [1.165, 1.54) is 18.4 Å². The summed E-state index contributed by atoms with van der Waals surface area (Å²) in [7, 11) is 0. The zero-order valence-corrected chi connectivity index (χ0v) is 12.1. The first kappa shape index (κ1) is 13.9. The van der Waals surface area contributed by atoms with Gasteiger partial charge in [-0.1, -0.05) is 43.5 Å². The van der Waals surface area contributed by atoms with Crippen LogP contribution in [0, 0.1) is 11.8 Å². The molecule has 1 saturated carbocycles. The Hall–Kier alpha value is -0.530. The molecule has 100 valence electrons. The highest BCUT2D eigenvalue weighted by Crippen LogP contribution is 2.37. The summed E-state index contributed by atoms with van der Waals surface area (Å²) in [6.07, 6.45) is 5.60. The van der Waals surface area contributed by atoms with Crippen molar-refractivity contribution < 1.29 is 5.11 Å². The highest BCUT2D eigenvalue weighted by Gasteiger charge is 2.34. The van der Waals surface area contributed by atoms with Crippen molar-refractivity contribution in [1.82, 2.24) is 0 Å². The van der Waals surface area contributed by atoms with Gasteiger partial charge >= 0.3 is 0 Å². The minimum absolute atomic E-state index is 0.428. The smallest absolute Gasteiger partial charge is 0.0688 e. The molecule has 0 aromatic heterocycles. The van der Waals surface area contributed by atoms with E-state index in [1.807, 2.05) is 31.2 Å². The quantitative estimate of drug-likeness (QED) is 0.856. The second kappa shape index (κ2) is 5.63. The average Bonchev–Trinajstić information content (AvgIpc) is 2.32. The summed E-state index contributed by atoms with van der Waals surface area (Å²) in [5.74, 6) is 1.18. The maximum absolute atomic E-state index is 10.7. The van der Waals surface area contributed by atoms with Crippen molar-refractivity contribution >= 4 is 11.6 Å². The van der Waals surface area contributed by atoms with Gasteiger partial charge in [-0.15, -0.1) is 0 Å². The first-order valence-electron chi connectivity index (χ1n) is 6.94. The van der Waals surface area contributed by atoms with Gasteiger partial charge in [0.05, 0.1) is 5.60 Å². The summed E-state index contributed by atoms with van der Waals surface area (Å²) in [5, 5.41) is 11.5. The molecular formula is C16H23ClO. The maximum atomic E-state index is 10.7. The van der Waals surface area contributed by atoms with Crippen molar-refractivity contribution in [3.63, 3.8) is 0 Å². The lowest BCUT2D eigenvalue weighted by atomic mass is 9.72. The van der Waals surface area contributed by atoms with Gasteiger partial charge in [0.2, 0.25) is 0 Å². The van der Waals surface area contributed by atoms with E-state index >= 15 is 0 Å². The van der Waals surface area contributed by atoms with Crippen LogP contribution in [-0.2, 0) is 6.42 Å². The van der Waals surface area contributed by atoms with E-state index in [-0.39, 0.29) is 0 Å². The van der Waals surface area contributed by atoms with E-state index in [0.717, 1.165) is 30.2 Å². The molecule has 0 aliphatic heterocycles. The van der Waals surface area contributed by atoms with E-state index in [0.29, 0.717) is 5.92 Å². The second-order valence-electron chi connectivity index (χ2n) is 6.13. The zero-order valence-electron chi connectivity index (χ0n) is 11.3. The lowest BCUT2D eigenvalue weighted by molar-refractivity contribution is -0.0238. The average molecular weight is 267 g/mol. The van der Waals surface area contributed by atoms with Crippen LogP contribution in [-0.4, -0.2) is 10.7 Å². The monoisotopic (exact) mass is 266 g/mol. The fourth-order valence-electron chi connectivity index (χ4n) is 3.16. The molecule has 3 unspecified atom stereocenters. The Bertz CT molecular complexity index is 383. The number of benzene rings is 1. The Balaban J connectivity index is 2.03. The highest BCUT2D eigenvalue weighted by molar-refractivity contribution is 6.30. The lowest BCUT2D eigenvalue weighted by Crippen LogP contribution is -2.39. The molecule has 1 aliphatic rings. The van der Waals surface area contributed by atoms with Gasteiger partial charge in [0.1, 0.15) is 0 Å². The highest BCUT2D eigenvalue weighted by atomic mass is 35.5. The van der Waals surface area contributed by atoms with Crippen LogP contribution in [0.15, 0.2) is 24.3 Å². The topological polar surface area (TPSA) is 20.2 Å². The Morgan fingerprint density at radius 3 is 2.56 bits per heavy atom. The third-order valence-electron chi connectivity index (χ3n) is 4.29. The third-order valence-corrected chi connectivity index (χ3v) is 4.54. The normalized spacial score (nSPS) is 27.8. The van der Waals surface area contributed by atoms with Crippen LogP contribution in [0.3, 0.4) is 0 Å². The van der Waals surface area contributed by atoms with Gasteiger partial charge < -0.3 is 5.11 Å². The number of halogens is 1. The van der Waals surface area contributed by atoms with Crippen LogP contribution in [0.1, 0.15) is 45.1 Å². The third kappa shape index (κ3) is 3.49. The van der Waals surface area contributed by atoms with Gasteiger partial charge in [-0.05, 0) is 49.3 Å². The van der Waals surface area contributed by atoms with Crippen molar-refractivity contribution in [1.29, 1.82) is 0 Å². The molecule has 0 saturated heterocycles. The van der Waals surface area contributed by atoms with Crippen LogP contribution in [0.4, 0.5) is 0 Å². The molecule has 0 heterocycles. The van der Waals surface area contributed by atoms with Crippen molar-refractivity contribution in [2.24, 2.45) is 11.8 Å². The summed E-state index contributed by atoms with van der Waals surface area (Å²) < 4.78 is 0. The van der Waals surface area contributed by atoms with Gasteiger partial charge in [-0.25, -0.2) is 0 Å². The molecule has 18 heavy (non-hydrogen) atoms. The molecule has 0 amide bonds. The first-order valence-corrected chi connectivity index (χ1v) is 7.32. The standard InChI is InChI=1S/C16H23ClO/c1-12-4-3-5-14(10-12)16(2,18)11-13-6-8-15(17)9-7-13/h6-9,12,14,18H,3-5,10-11H2,1-2H3. The SMILES string of the molecule is CC1CCCC(C(C)(O)Cc2ccc(Cl)cc2)C1. The van der Waals surface area contributed by atoms with Crippen LogP contribution in [0.25, 0.3) is 0 Å². The predicted octanol–water partition coefficient (Wildman–Crippen LogP) is 4.46. The molecule has 2 rings (SSSR count). The molecule has 0 spiro atoms.